The predicted molar refractivity (Wildman–Crippen MR) is 73.3 cm³/mol. The Morgan fingerprint density at radius 2 is 1.78 bits per heavy atom. The van der Waals surface area contributed by atoms with Crippen LogP contribution in [0.15, 0.2) is 60.8 Å². The Labute approximate surface area is 105 Å². The molecule has 3 heteroatoms. The summed E-state index contributed by atoms with van der Waals surface area (Å²) in [6, 6.07) is 18.5. The molecule has 3 aromatic rings. The Balaban J connectivity index is 1.79. The first-order valence-electron chi connectivity index (χ1n) is 5.91. The summed E-state index contributed by atoms with van der Waals surface area (Å²) in [5.74, 6) is 0. The van der Waals surface area contributed by atoms with Crippen LogP contribution in [0.3, 0.4) is 0 Å². The number of nitrogens with one attached hydrogen (secondary N) is 1. The molecule has 1 aromatic heterocycles. The average Bonchev–Trinajstić information content (AvgIpc) is 2.46. The second-order valence-corrected chi connectivity index (χ2v) is 4.13. The summed E-state index contributed by atoms with van der Waals surface area (Å²) in [6.45, 7) is 0.687. The maximum atomic E-state index is 4.04. The topological polar surface area (TPSA) is 37.8 Å². The molecule has 0 fully saturated rings. The van der Waals surface area contributed by atoms with Crippen LogP contribution in [0.4, 0.5) is 5.69 Å². The molecular weight excluding hydrogens is 222 g/mol. The quantitative estimate of drug-likeness (QED) is 0.757. The third kappa shape index (κ3) is 2.30. The SMILES string of the molecule is c1cnnc(CNc2ccc3ccccc3c2)c1. The lowest BCUT2D eigenvalue weighted by molar-refractivity contribution is 0.925. The van der Waals surface area contributed by atoms with Gasteiger partial charge in [-0.25, -0.2) is 0 Å². The van der Waals surface area contributed by atoms with Gasteiger partial charge in [0.25, 0.3) is 0 Å². The van der Waals surface area contributed by atoms with Crippen LogP contribution in [0.5, 0.6) is 0 Å². The largest absolute Gasteiger partial charge is 0.379 e. The lowest BCUT2D eigenvalue weighted by Crippen LogP contribution is -2.01. The average molecular weight is 235 g/mol. The summed E-state index contributed by atoms with van der Waals surface area (Å²) in [5.41, 5.74) is 2.03. The summed E-state index contributed by atoms with van der Waals surface area (Å²) in [6.07, 6.45) is 1.68. The van der Waals surface area contributed by atoms with Gasteiger partial charge >= 0.3 is 0 Å². The molecule has 88 valence electrons. The Bertz CT molecular complexity index is 650. The Morgan fingerprint density at radius 1 is 0.889 bits per heavy atom. The number of rotatable bonds is 3. The van der Waals surface area contributed by atoms with Crippen LogP contribution in [0.25, 0.3) is 10.8 Å². The Morgan fingerprint density at radius 3 is 2.61 bits per heavy atom. The first-order valence-corrected chi connectivity index (χ1v) is 5.91. The van der Waals surface area contributed by atoms with Crippen molar-refractivity contribution in [2.75, 3.05) is 5.32 Å². The predicted octanol–water partition coefficient (Wildman–Crippen LogP) is 3.24. The van der Waals surface area contributed by atoms with Crippen LogP contribution < -0.4 is 5.32 Å². The van der Waals surface area contributed by atoms with Crippen molar-refractivity contribution in [1.82, 2.24) is 10.2 Å². The first kappa shape index (κ1) is 10.7. The highest BCUT2D eigenvalue weighted by molar-refractivity contribution is 5.85. The van der Waals surface area contributed by atoms with E-state index in [4.69, 9.17) is 0 Å². The Hall–Kier alpha value is -2.42. The molecule has 0 aliphatic heterocycles. The van der Waals surface area contributed by atoms with E-state index in [1.54, 1.807) is 6.20 Å². The fraction of sp³-hybridized carbons (Fsp3) is 0.0667. The van der Waals surface area contributed by atoms with E-state index in [9.17, 15) is 0 Å². The highest BCUT2D eigenvalue weighted by Crippen LogP contribution is 2.19. The van der Waals surface area contributed by atoms with E-state index < -0.39 is 0 Å². The van der Waals surface area contributed by atoms with Crippen molar-refractivity contribution in [3.8, 4) is 0 Å². The van der Waals surface area contributed by atoms with E-state index >= 15 is 0 Å². The van der Waals surface area contributed by atoms with Gasteiger partial charge in [-0.1, -0.05) is 30.3 Å². The lowest BCUT2D eigenvalue weighted by Gasteiger charge is -2.06. The van der Waals surface area contributed by atoms with E-state index in [1.165, 1.54) is 10.8 Å². The highest BCUT2D eigenvalue weighted by atomic mass is 15.1. The summed E-state index contributed by atoms with van der Waals surface area (Å²) < 4.78 is 0. The van der Waals surface area contributed by atoms with Gasteiger partial charge in [0.2, 0.25) is 0 Å². The molecular formula is C15H13N3. The number of nitrogens with zero attached hydrogens (tertiary/aromatic N) is 2. The van der Waals surface area contributed by atoms with Gasteiger partial charge < -0.3 is 5.32 Å². The summed E-state index contributed by atoms with van der Waals surface area (Å²) in [7, 11) is 0. The smallest absolute Gasteiger partial charge is 0.0821 e. The molecule has 1 N–H and O–H groups in total. The van der Waals surface area contributed by atoms with Crippen molar-refractivity contribution in [2.45, 2.75) is 6.54 Å². The van der Waals surface area contributed by atoms with Crippen LogP contribution in [0.2, 0.25) is 0 Å². The van der Waals surface area contributed by atoms with Crippen LogP contribution in [0, 0.1) is 0 Å². The van der Waals surface area contributed by atoms with E-state index in [0.29, 0.717) is 6.54 Å². The van der Waals surface area contributed by atoms with Gasteiger partial charge in [0.15, 0.2) is 0 Å². The minimum atomic E-state index is 0.687. The van der Waals surface area contributed by atoms with Crippen LogP contribution in [-0.4, -0.2) is 10.2 Å². The number of aromatic nitrogens is 2. The minimum Gasteiger partial charge on any atom is -0.379 e. The zero-order chi connectivity index (χ0) is 12.2. The standard InChI is InChI=1S/C15H13N3/c1-2-5-13-10-14(8-7-12(13)4-1)16-11-15-6-3-9-17-18-15/h1-10,16H,11H2. The van der Waals surface area contributed by atoms with E-state index in [-0.39, 0.29) is 0 Å². The third-order valence-corrected chi connectivity index (χ3v) is 2.85. The molecule has 0 aliphatic rings. The van der Waals surface area contributed by atoms with Crippen molar-refractivity contribution in [3.05, 3.63) is 66.5 Å². The number of fused-ring (bicyclic) bond motifs is 1. The van der Waals surface area contributed by atoms with Gasteiger partial charge in [-0.15, -0.1) is 0 Å². The van der Waals surface area contributed by atoms with Crippen LogP contribution >= 0.6 is 0 Å². The molecule has 0 spiro atoms. The third-order valence-electron chi connectivity index (χ3n) is 2.85. The zero-order valence-electron chi connectivity index (χ0n) is 9.88. The number of hydrogen-bond acceptors (Lipinski definition) is 3. The van der Waals surface area contributed by atoms with Gasteiger partial charge in [-0.2, -0.15) is 10.2 Å². The molecule has 0 saturated heterocycles. The lowest BCUT2D eigenvalue weighted by atomic mass is 10.1. The fourth-order valence-corrected chi connectivity index (χ4v) is 1.92. The van der Waals surface area contributed by atoms with Gasteiger partial charge in [-0.05, 0) is 35.0 Å². The summed E-state index contributed by atoms with van der Waals surface area (Å²) in [5, 5.41) is 13.7. The normalized spacial score (nSPS) is 10.4. The number of anilines is 1. The van der Waals surface area contributed by atoms with Gasteiger partial charge in [0.05, 0.1) is 12.2 Å². The second-order valence-electron chi connectivity index (χ2n) is 4.13. The molecule has 0 saturated carbocycles. The van der Waals surface area contributed by atoms with E-state index in [0.717, 1.165) is 11.4 Å². The molecule has 0 radical (unpaired) electrons. The maximum Gasteiger partial charge on any atom is 0.0821 e. The summed E-state index contributed by atoms with van der Waals surface area (Å²) >= 11 is 0. The van der Waals surface area contributed by atoms with Crippen LogP contribution in [-0.2, 0) is 6.54 Å². The molecule has 3 rings (SSSR count). The molecule has 18 heavy (non-hydrogen) atoms. The first-order chi connectivity index (χ1) is 8.92. The maximum absolute atomic E-state index is 4.04. The monoisotopic (exact) mass is 235 g/mol. The zero-order valence-corrected chi connectivity index (χ0v) is 9.88. The molecule has 1 heterocycles. The molecule has 0 atom stereocenters. The van der Waals surface area contributed by atoms with Crippen LogP contribution in [0.1, 0.15) is 5.69 Å². The van der Waals surface area contributed by atoms with Crippen molar-refractivity contribution in [3.63, 3.8) is 0 Å². The molecule has 0 bridgehead atoms. The second kappa shape index (κ2) is 4.84. The number of hydrogen-bond donors (Lipinski definition) is 1. The van der Waals surface area contributed by atoms with Crippen molar-refractivity contribution < 1.29 is 0 Å². The van der Waals surface area contributed by atoms with Crippen molar-refractivity contribution in [2.24, 2.45) is 0 Å². The molecule has 0 unspecified atom stereocenters. The van der Waals surface area contributed by atoms with Crippen molar-refractivity contribution in [1.29, 1.82) is 0 Å². The van der Waals surface area contributed by atoms with Gasteiger partial charge in [0.1, 0.15) is 0 Å². The van der Waals surface area contributed by atoms with Gasteiger partial charge in [-0.3, -0.25) is 0 Å². The summed E-state index contributed by atoms with van der Waals surface area (Å²) in [4.78, 5) is 0. The van der Waals surface area contributed by atoms with Crippen molar-refractivity contribution >= 4 is 16.5 Å². The molecule has 0 aliphatic carbocycles. The molecule has 3 nitrogen and oxygen atoms in total. The molecule has 0 amide bonds. The minimum absolute atomic E-state index is 0.687. The van der Waals surface area contributed by atoms with E-state index in [1.807, 2.05) is 12.1 Å². The highest BCUT2D eigenvalue weighted by Gasteiger charge is 1.97. The van der Waals surface area contributed by atoms with E-state index in [2.05, 4.69) is 58.0 Å². The number of benzene rings is 2. The Kier molecular flexibility index (Phi) is 2.88. The molecule has 2 aromatic carbocycles. The fourth-order valence-electron chi connectivity index (χ4n) is 1.92. The van der Waals surface area contributed by atoms with Gasteiger partial charge in [0, 0.05) is 11.9 Å².